The van der Waals surface area contributed by atoms with E-state index in [0.29, 0.717) is 68.6 Å². The Kier molecular flexibility index (Phi) is 11.4. The summed E-state index contributed by atoms with van der Waals surface area (Å²) in [5.41, 5.74) is 3.15. The summed E-state index contributed by atoms with van der Waals surface area (Å²) in [5.74, 6) is 1.40. The number of esters is 1. The number of carbonyl (C=O) groups is 3. The molecule has 0 spiro atoms. The molecule has 0 aromatic heterocycles. The number of hydrogen-bond donors (Lipinski definition) is 1. The highest BCUT2D eigenvalue weighted by molar-refractivity contribution is 6.07. The molecule has 15 nitrogen and oxygen atoms in total. The lowest BCUT2D eigenvalue weighted by Gasteiger charge is -2.39. The molecule has 7 rings (SSSR count). The van der Waals surface area contributed by atoms with E-state index < -0.39 is 35.7 Å². The summed E-state index contributed by atoms with van der Waals surface area (Å²) in [7, 11) is 10.5. The first-order chi connectivity index (χ1) is 28.2. The van der Waals surface area contributed by atoms with Gasteiger partial charge in [0.1, 0.15) is 11.5 Å². The predicted octanol–water partition coefficient (Wildman–Crippen LogP) is 5.54. The number of nitrogens with one attached hydrogen (secondary N) is 1. The Labute approximate surface area is 334 Å². The third-order valence-corrected chi connectivity index (χ3v) is 10.5. The molecule has 1 fully saturated rings. The van der Waals surface area contributed by atoms with Crippen molar-refractivity contribution in [3.8, 4) is 57.5 Å². The van der Waals surface area contributed by atoms with Gasteiger partial charge in [0, 0.05) is 29.0 Å². The average Bonchev–Trinajstić information content (AvgIpc) is 3.88. The molecule has 58 heavy (non-hydrogen) atoms. The van der Waals surface area contributed by atoms with Crippen molar-refractivity contribution < 1.29 is 66.5 Å². The van der Waals surface area contributed by atoms with Gasteiger partial charge in [-0.1, -0.05) is 0 Å². The second kappa shape index (κ2) is 16.8. The summed E-state index contributed by atoms with van der Waals surface area (Å²) in [4.78, 5) is 40.4. The first-order valence-electron chi connectivity index (χ1n) is 18.2. The van der Waals surface area contributed by atoms with E-state index in [0.717, 1.165) is 16.7 Å². The van der Waals surface area contributed by atoms with Crippen LogP contribution in [0.25, 0.3) is 6.08 Å². The average molecular weight is 798 g/mol. The molecule has 1 N–H and O–H groups in total. The van der Waals surface area contributed by atoms with Crippen LogP contribution in [-0.4, -0.2) is 87.4 Å². The van der Waals surface area contributed by atoms with Crippen LogP contribution in [0.5, 0.6) is 57.5 Å². The van der Waals surface area contributed by atoms with Crippen molar-refractivity contribution in [2.45, 2.75) is 12.0 Å². The van der Waals surface area contributed by atoms with Crippen LogP contribution in [0.4, 0.5) is 0 Å². The number of hydrogen-bond acceptors (Lipinski definition) is 14. The topological polar surface area (TPSA) is 165 Å². The van der Waals surface area contributed by atoms with Crippen molar-refractivity contribution in [3.63, 3.8) is 0 Å². The van der Waals surface area contributed by atoms with Crippen LogP contribution in [-0.2, 0) is 14.3 Å². The molecule has 4 atom stereocenters. The lowest BCUT2D eigenvalue weighted by molar-refractivity contribution is -0.141. The van der Waals surface area contributed by atoms with Crippen molar-refractivity contribution in [2.75, 3.05) is 69.8 Å². The number of rotatable bonds is 15. The Morgan fingerprint density at radius 2 is 1.29 bits per heavy atom. The highest BCUT2D eigenvalue weighted by Gasteiger charge is 2.53. The fourth-order valence-corrected chi connectivity index (χ4v) is 7.80. The van der Waals surface area contributed by atoms with Gasteiger partial charge in [-0.2, -0.15) is 0 Å². The van der Waals surface area contributed by atoms with Crippen molar-refractivity contribution in [3.05, 3.63) is 88.5 Å². The maximum Gasteiger partial charge on any atom is 0.310 e. The van der Waals surface area contributed by atoms with Crippen molar-refractivity contribution in [1.29, 1.82) is 0 Å². The lowest BCUT2D eigenvalue weighted by Crippen LogP contribution is -2.44. The van der Waals surface area contributed by atoms with Gasteiger partial charge in [0.2, 0.25) is 18.3 Å². The molecule has 4 aromatic carbocycles. The molecule has 0 unspecified atom stereocenters. The lowest BCUT2D eigenvalue weighted by atomic mass is 9.65. The number of methoxy groups -OCH3 is 7. The van der Waals surface area contributed by atoms with Crippen LogP contribution < -0.4 is 52.7 Å². The Morgan fingerprint density at radius 1 is 0.707 bits per heavy atom. The SMILES string of the molecule is COc1cc(OCC(=O)N[C@@H]2c3cc4c(cc3[C@@H](c3cc(OC)c(OC)c(OC)c3)[C@H]3C(=O)OC[C@@H]32)OCO4)ccc1/C=C/C(=O)c1cc(OC)c(OC)c(OC)c1. The van der Waals surface area contributed by atoms with Crippen molar-refractivity contribution >= 4 is 23.7 Å². The molecule has 0 bridgehead atoms. The first kappa shape index (κ1) is 39.5. The van der Waals surface area contributed by atoms with Crippen molar-refractivity contribution in [1.82, 2.24) is 5.32 Å². The quantitative estimate of drug-likeness (QED) is 0.0905. The van der Waals surface area contributed by atoms with E-state index in [1.54, 1.807) is 36.4 Å². The molecule has 15 heteroatoms. The van der Waals surface area contributed by atoms with Gasteiger partial charge in [-0.3, -0.25) is 14.4 Å². The number of ether oxygens (including phenoxy) is 11. The highest BCUT2D eigenvalue weighted by Crippen LogP contribution is 2.55. The second-order valence-electron chi connectivity index (χ2n) is 13.4. The minimum absolute atomic E-state index is 0.0360. The molecule has 1 saturated heterocycles. The summed E-state index contributed by atoms with van der Waals surface area (Å²) in [6.07, 6.45) is 3.01. The molecule has 1 amide bonds. The van der Waals surface area contributed by atoms with E-state index in [1.807, 2.05) is 24.3 Å². The minimum atomic E-state index is -0.674. The van der Waals surface area contributed by atoms with Gasteiger partial charge in [0.05, 0.1) is 68.3 Å². The zero-order valence-corrected chi connectivity index (χ0v) is 33.0. The summed E-state index contributed by atoms with van der Waals surface area (Å²) in [6.45, 7) is -0.233. The maximum atomic E-state index is 13.7. The molecule has 0 saturated carbocycles. The summed E-state index contributed by atoms with van der Waals surface area (Å²) < 4.78 is 61.7. The summed E-state index contributed by atoms with van der Waals surface area (Å²) in [6, 6.07) is 14.8. The molecule has 0 radical (unpaired) electrons. The molecule has 2 aliphatic heterocycles. The molecular weight excluding hydrogens is 754 g/mol. The number of benzene rings is 4. The smallest absolute Gasteiger partial charge is 0.310 e. The Bertz CT molecular complexity index is 2220. The second-order valence-corrected chi connectivity index (χ2v) is 13.4. The fourth-order valence-electron chi connectivity index (χ4n) is 7.80. The normalized spacial score (nSPS) is 18.7. The van der Waals surface area contributed by atoms with Crippen LogP contribution in [0.1, 0.15) is 44.6 Å². The molecular formula is C43H43NO14. The number of allylic oxidation sites excluding steroid dienone is 1. The molecule has 1 aliphatic carbocycles. The van der Waals surface area contributed by atoms with Crippen LogP contribution in [0.15, 0.2) is 60.7 Å². The van der Waals surface area contributed by atoms with Crippen molar-refractivity contribution in [2.24, 2.45) is 11.8 Å². The van der Waals surface area contributed by atoms with E-state index in [1.165, 1.54) is 55.8 Å². The van der Waals surface area contributed by atoms with Crippen LogP contribution in [0.3, 0.4) is 0 Å². The largest absolute Gasteiger partial charge is 0.496 e. The first-order valence-corrected chi connectivity index (χ1v) is 18.2. The Morgan fingerprint density at radius 3 is 1.88 bits per heavy atom. The summed E-state index contributed by atoms with van der Waals surface area (Å²) in [5, 5.41) is 3.11. The summed E-state index contributed by atoms with van der Waals surface area (Å²) >= 11 is 0. The third kappa shape index (κ3) is 7.30. The van der Waals surface area contributed by atoms with Crippen LogP contribution in [0.2, 0.25) is 0 Å². The molecule has 4 aromatic rings. The highest BCUT2D eigenvalue weighted by atomic mass is 16.7. The van der Waals surface area contributed by atoms with Gasteiger partial charge in [-0.15, -0.1) is 0 Å². The third-order valence-electron chi connectivity index (χ3n) is 10.5. The number of carbonyl (C=O) groups excluding carboxylic acids is 3. The van der Waals surface area contributed by atoms with Gasteiger partial charge < -0.3 is 57.4 Å². The van der Waals surface area contributed by atoms with E-state index in [-0.39, 0.29) is 25.8 Å². The fraction of sp³-hybridized carbons (Fsp3) is 0.326. The Balaban J connectivity index is 1.11. The van der Waals surface area contributed by atoms with E-state index in [2.05, 4.69) is 5.32 Å². The maximum absolute atomic E-state index is 13.7. The van der Waals surface area contributed by atoms with E-state index >= 15 is 0 Å². The minimum Gasteiger partial charge on any atom is -0.496 e. The Hall–Kier alpha value is -6.77. The standard InChI is InChI=1S/C43H43NO14/c1-48-30-16-25(10-8-22(30)9-11-29(45)23-12-33(49-2)41(53-6)34(13-23)50-3)55-20-37(46)44-40-27-18-32-31(57-21-58-32)17-26(27)38(39-28(40)19-56-43(39)47)24-14-35(51-4)42(54-7)36(15-24)52-5/h8-18,28,38-40H,19-21H2,1-7H3,(H,44,46)/b11-9+/t28-,38+,39-,40+/m0/s1. The number of amides is 1. The van der Waals surface area contributed by atoms with E-state index in [4.69, 9.17) is 52.1 Å². The van der Waals surface area contributed by atoms with E-state index in [9.17, 15) is 14.4 Å². The van der Waals surface area contributed by atoms with Crippen LogP contribution >= 0.6 is 0 Å². The van der Waals surface area contributed by atoms with Gasteiger partial charge in [0.25, 0.3) is 5.91 Å². The predicted molar refractivity (Wildman–Crippen MR) is 207 cm³/mol. The number of ketones is 1. The van der Waals surface area contributed by atoms with Gasteiger partial charge in [-0.25, -0.2) is 0 Å². The zero-order chi connectivity index (χ0) is 41.1. The monoisotopic (exact) mass is 797 g/mol. The molecule has 304 valence electrons. The molecule has 2 heterocycles. The van der Waals surface area contributed by atoms with Crippen LogP contribution in [0, 0.1) is 11.8 Å². The van der Waals surface area contributed by atoms with Gasteiger partial charge in [0.15, 0.2) is 46.9 Å². The number of fused-ring (bicyclic) bond motifs is 3. The number of cyclic esters (lactones) is 1. The van der Waals surface area contributed by atoms with Gasteiger partial charge in [-0.05, 0) is 77.4 Å². The zero-order valence-electron chi connectivity index (χ0n) is 33.0. The molecule has 3 aliphatic rings. The van der Waals surface area contributed by atoms with Gasteiger partial charge >= 0.3 is 5.97 Å².